The van der Waals surface area contributed by atoms with Gasteiger partial charge in [0.05, 0.1) is 5.92 Å². The Morgan fingerprint density at radius 3 is 3.10 bits per heavy atom. The highest BCUT2D eigenvalue weighted by Gasteiger charge is 2.32. The first-order valence-corrected chi connectivity index (χ1v) is 6.93. The topological polar surface area (TPSA) is 119 Å². The lowest BCUT2D eigenvalue weighted by molar-refractivity contribution is -0.388. The molecule has 0 saturated carbocycles. The van der Waals surface area contributed by atoms with Crippen LogP contribution in [-0.4, -0.2) is 46.6 Å². The van der Waals surface area contributed by atoms with Crippen LogP contribution in [0.3, 0.4) is 0 Å². The van der Waals surface area contributed by atoms with Crippen LogP contribution in [0.2, 0.25) is 0 Å². The van der Waals surface area contributed by atoms with E-state index in [1.54, 1.807) is 11.6 Å². The lowest BCUT2D eigenvalue weighted by Crippen LogP contribution is -2.44. The number of nitrogens with one attached hydrogen (secondary N) is 1. The predicted molar refractivity (Wildman–Crippen MR) is 76.9 cm³/mol. The van der Waals surface area contributed by atoms with Gasteiger partial charge in [0.25, 0.3) is 0 Å². The van der Waals surface area contributed by atoms with Crippen LogP contribution in [0.25, 0.3) is 0 Å². The van der Waals surface area contributed by atoms with Gasteiger partial charge >= 0.3 is 5.82 Å². The highest BCUT2D eigenvalue weighted by molar-refractivity contribution is 5.79. The maximum absolute atomic E-state index is 12.0. The number of nitrogens with two attached hydrogens (primary N) is 1. The first-order chi connectivity index (χ1) is 10.0. The van der Waals surface area contributed by atoms with E-state index in [9.17, 15) is 14.9 Å². The number of nitro groups is 1. The van der Waals surface area contributed by atoms with Crippen LogP contribution in [0.1, 0.15) is 12.8 Å². The number of aryl methyl sites for hydroxylation is 1. The summed E-state index contributed by atoms with van der Waals surface area (Å²) in [5.41, 5.74) is 5.37. The molecule has 0 aliphatic carbocycles. The van der Waals surface area contributed by atoms with E-state index in [4.69, 9.17) is 5.73 Å². The third-order valence-electron chi connectivity index (χ3n) is 3.60. The molecule has 1 unspecified atom stereocenters. The highest BCUT2D eigenvalue weighted by Crippen LogP contribution is 2.29. The van der Waals surface area contributed by atoms with Crippen LogP contribution in [0.5, 0.6) is 0 Å². The Balaban J connectivity index is 2.13. The van der Waals surface area contributed by atoms with Crippen LogP contribution < -0.4 is 16.0 Å². The Hall–Kier alpha value is -2.16. The van der Waals surface area contributed by atoms with Crippen molar-refractivity contribution in [2.75, 3.05) is 31.1 Å². The zero-order chi connectivity index (χ0) is 15.4. The summed E-state index contributed by atoms with van der Waals surface area (Å²) in [4.78, 5) is 28.3. The van der Waals surface area contributed by atoms with Crippen molar-refractivity contribution >= 4 is 17.5 Å². The fourth-order valence-electron chi connectivity index (χ4n) is 2.63. The zero-order valence-corrected chi connectivity index (χ0v) is 12.0. The van der Waals surface area contributed by atoms with Gasteiger partial charge in [-0.15, -0.1) is 0 Å². The van der Waals surface area contributed by atoms with Crippen LogP contribution >= 0.6 is 0 Å². The summed E-state index contributed by atoms with van der Waals surface area (Å²) >= 11 is 0. The van der Waals surface area contributed by atoms with Gasteiger partial charge in [-0.2, -0.15) is 0 Å². The third-order valence-corrected chi connectivity index (χ3v) is 3.60. The number of nitrogens with zero attached hydrogens (tertiary/aromatic N) is 4. The van der Waals surface area contributed by atoms with Gasteiger partial charge in [0.1, 0.15) is 0 Å². The second kappa shape index (κ2) is 6.53. The second-order valence-electron chi connectivity index (χ2n) is 5.12. The Kier molecular flexibility index (Phi) is 4.73. The molecule has 2 heterocycles. The molecule has 1 aliphatic heterocycles. The summed E-state index contributed by atoms with van der Waals surface area (Å²) in [7, 11) is 1.72. The average molecular weight is 296 g/mol. The van der Waals surface area contributed by atoms with Crippen molar-refractivity contribution in [3.05, 3.63) is 16.4 Å². The van der Waals surface area contributed by atoms with Gasteiger partial charge in [-0.3, -0.25) is 9.36 Å². The number of carbonyl (C=O) groups excluding carboxylic acids is 1. The van der Waals surface area contributed by atoms with Crippen molar-refractivity contribution in [1.29, 1.82) is 0 Å². The number of anilines is 1. The molecule has 3 N–H and O–H groups in total. The predicted octanol–water partition coefficient (Wildman–Crippen LogP) is -0.380. The first kappa shape index (κ1) is 15.2. The first-order valence-electron chi connectivity index (χ1n) is 6.93. The van der Waals surface area contributed by atoms with E-state index in [0.29, 0.717) is 32.0 Å². The van der Waals surface area contributed by atoms with Gasteiger partial charge in [-0.05, 0) is 22.7 Å². The van der Waals surface area contributed by atoms with Crippen LogP contribution in [-0.2, 0) is 11.8 Å². The molecule has 21 heavy (non-hydrogen) atoms. The highest BCUT2D eigenvalue weighted by atomic mass is 16.6. The minimum atomic E-state index is -0.493. The molecular formula is C12H20N6O3. The van der Waals surface area contributed by atoms with Crippen molar-refractivity contribution in [3.8, 4) is 0 Å². The zero-order valence-electron chi connectivity index (χ0n) is 12.0. The number of hydrogen-bond acceptors (Lipinski definition) is 6. The molecule has 0 spiro atoms. The summed E-state index contributed by atoms with van der Waals surface area (Å²) in [5, 5.41) is 13.8. The molecule has 0 aromatic carbocycles. The summed E-state index contributed by atoms with van der Waals surface area (Å²) in [6.07, 6.45) is 3.01. The van der Waals surface area contributed by atoms with Crippen LogP contribution in [0.4, 0.5) is 11.6 Å². The quantitative estimate of drug-likeness (QED) is 0.564. The molecule has 1 amide bonds. The summed E-state index contributed by atoms with van der Waals surface area (Å²) < 4.78 is 1.62. The number of hydrogen-bond donors (Lipinski definition) is 2. The SMILES string of the molecule is Cn1cnc([N+](=O)[O-])c1N1CCCC(C(=O)NCCN)C1. The smallest absolute Gasteiger partial charge is 0.358 e. The van der Waals surface area contributed by atoms with Crippen LogP contribution in [0, 0.1) is 16.0 Å². The van der Waals surface area contributed by atoms with Gasteiger partial charge in [-0.25, -0.2) is 0 Å². The number of aromatic nitrogens is 2. The van der Waals surface area contributed by atoms with E-state index >= 15 is 0 Å². The summed E-state index contributed by atoms with van der Waals surface area (Å²) in [6.45, 7) is 1.98. The Morgan fingerprint density at radius 1 is 1.67 bits per heavy atom. The average Bonchev–Trinajstić information content (AvgIpc) is 2.87. The molecule has 0 bridgehead atoms. The van der Waals surface area contributed by atoms with Gasteiger partial charge in [0, 0.05) is 33.2 Å². The molecule has 116 valence electrons. The van der Waals surface area contributed by atoms with E-state index in [2.05, 4.69) is 10.3 Å². The second-order valence-corrected chi connectivity index (χ2v) is 5.12. The standard InChI is InChI=1S/C12H20N6O3/c1-16-8-15-10(18(20)21)12(16)17-6-2-3-9(7-17)11(19)14-5-4-13/h8-9H,2-7,13H2,1H3,(H,14,19). The molecule has 9 heteroatoms. The number of rotatable bonds is 5. The number of imidazole rings is 1. The number of piperidine rings is 1. The van der Waals surface area contributed by atoms with Gasteiger partial charge < -0.3 is 26.1 Å². The molecule has 0 radical (unpaired) electrons. The third kappa shape index (κ3) is 3.30. The van der Waals surface area contributed by atoms with E-state index in [1.165, 1.54) is 6.33 Å². The summed E-state index contributed by atoms with van der Waals surface area (Å²) in [5.74, 6) is 0.0617. The van der Waals surface area contributed by atoms with Crippen molar-refractivity contribution in [3.63, 3.8) is 0 Å². The Bertz CT molecular complexity index is 529. The maximum atomic E-state index is 12.0. The number of carbonyl (C=O) groups is 1. The van der Waals surface area contributed by atoms with Crippen molar-refractivity contribution < 1.29 is 9.72 Å². The number of amides is 1. The van der Waals surface area contributed by atoms with Gasteiger partial charge in [0.15, 0.2) is 0 Å². The van der Waals surface area contributed by atoms with Crippen molar-refractivity contribution in [2.24, 2.45) is 18.7 Å². The minimum Gasteiger partial charge on any atom is -0.358 e. The minimum absolute atomic E-state index is 0.0463. The van der Waals surface area contributed by atoms with E-state index in [0.717, 1.165) is 12.8 Å². The van der Waals surface area contributed by atoms with E-state index in [1.807, 2.05) is 4.90 Å². The molecule has 9 nitrogen and oxygen atoms in total. The molecule has 1 atom stereocenters. The van der Waals surface area contributed by atoms with Crippen molar-refractivity contribution in [1.82, 2.24) is 14.9 Å². The monoisotopic (exact) mass is 296 g/mol. The van der Waals surface area contributed by atoms with E-state index in [-0.39, 0.29) is 17.6 Å². The van der Waals surface area contributed by atoms with Crippen molar-refractivity contribution in [2.45, 2.75) is 12.8 Å². The molecule has 1 aliphatic rings. The normalized spacial score (nSPS) is 18.6. The van der Waals surface area contributed by atoms with Gasteiger partial charge in [-0.1, -0.05) is 0 Å². The summed E-state index contributed by atoms with van der Waals surface area (Å²) in [6, 6.07) is 0. The Labute approximate surface area is 122 Å². The fraction of sp³-hybridized carbons (Fsp3) is 0.667. The lowest BCUT2D eigenvalue weighted by atomic mass is 9.97. The van der Waals surface area contributed by atoms with Gasteiger partial charge in [0.2, 0.25) is 18.1 Å². The molecule has 1 saturated heterocycles. The molecule has 1 aromatic heterocycles. The maximum Gasteiger partial charge on any atom is 0.406 e. The fourth-order valence-corrected chi connectivity index (χ4v) is 2.63. The molecule has 1 aromatic rings. The molecular weight excluding hydrogens is 276 g/mol. The Morgan fingerprint density at radius 2 is 2.43 bits per heavy atom. The largest absolute Gasteiger partial charge is 0.406 e. The molecule has 1 fully saturated rings. The lowest BCUT2D eigenvalue weighted by Gasteiger charge is -2.32. The van der Waals surface area contributed by atoms with Crippen LogP contribution in [0.15, 0.2) is 6.33 Å². The molecule has 2 rings (SSSR count). The van der Waals surface area contributed by atoms with E-state index < -0.39 is 4.92 Å².